The fourth-order valence-electron chi connectivity index (χ4n) is 2.40. The topological polar surface area (TPSA) is 85.9 Å². The zero-order valence-corrected chi connectivity index (χ0v) is 13.9. The molecular weight excluding hydrogens is 324 g/mol. The van der Waals surface area contributed by atoms with Gasteiger partial charge in [0.2, 0.25) is 6.79 Å². The van der Waals surface area contributed by atoms with Gasteiger partial charge in [-0.25, -0.2) is 0 Å². The summed E-state index contributed by atoms with van der Waals surface area (Å²) in [6, 6.07) is 11.9. The third-order valence-electron chi connectivity index (χ3n) is 3.80. The fraction of sp³-hybridized carbons (Fsp3) is 0.222. The van der Waals surface area contributed by atoms with Gasteiger partial charge in [0.15, 0.2) is 11.5 Å². The molecule has 0 radical (unpaired) electrons. The Labute approximate surface area is 144 Å². The Bertz CT molecular complexity index is 789. The molecule has 0 aliphatic carbocycles. The van der Waals surface area contributed by atoms with Crippen LogP contribution in [0.3, 0.4) is 0 Å². The van der Waals surface area contributed by atoms with Crippen molar-refractivity contribution in [2.45, 2.75) is 13.0 Å². The van der Waals surface area contributed by atoms with Crippen molar-refractivity contribution in [3.63, 3.8) is 0 Å². The van der Waals surface area contributed by atoms with E-state index in [-0.39, 0.29) is 12.8 Å². The van der Waals surface area contributed by atoms with Crippen LogP contribution >= 0.6 is 0 Å². The second kappa shape index (κ2) is 7.12. The molecule has 2 N–H and O–H groups in total. The van der Waals surface area contributed by atoms with Crippen molar-refractivity contribution >= 4 is 17.5 Å². The highest BCUT2D eigenvalue weighted by molar-refractivity contribution is 6.39. The van der Waals surface area contributed by atoms with E-state index >= 15 is 0 Å². The maximum atomic E-state index is 12.1. The molecule has 0 saturated heterocycles. The van der Waals surface area contributed by atoms with Crippen LogP contribution in [-0.2, 0) is 9.59 Å². The molecule has 0 spiro atoms. The number of methoxy groups -OCH3 is 1. The van der Waals surface area contributed by atoms with Crippen molar-refractivity contribution in [2.24, 2.45) is 0 Å². The number of anilines is 1. The zero-order chi connectivity index (χ0) is 17.8. The van der Waals surface area contributed by atoms with Gasteiger partial charge >= 0.3 is 11.8 Å². The van der Waals surface area contributed by atoms with Crippen molar-refractivity contribution < 1.29 is 23.8 Å². The van der Waals surface area contributed by atoms with E-state index in [9.17, 15) is 9.59 Å². The maximum absolute atomic E-state index is 12.1. The standard InChI is InChI=1S/C18H18N2O5/c1-11(12-3-6-14(23-2)7-4-12)19-17(21)18(22)20-13-5-8-15-16(9-13)25-10-24-15/h3-9,11H,10H2,1-2H3,(H,19,21)(H,20,22). The van der Waals surface area contributed by atoms with Gasteiger partial charge in [0.05, 0.1) is 13.2 Å². The second-order valence-corrected chi connectivity index (χ2v) is 5.49. The summed E-state index contributed by atoms with van der Waals surface area (Å²) in [5, 5.41) is 5.20. The summed E-state index contributed by atoms with van der Waals surface area (Å²) in [5.41, 5.74) is 1.33. The van der Waals surface area contributed by atoms with E-state index in [1.165, 1.54) is 0 Å². The van der Waals surface area contributed by atoms with Crippen LogP contribution in [0.5, 0.6) is 17.2 Å². The molecule has 3 rings (SSSR count). The Morgan fingerprint density at radius 2 is 1.76 bits per heavy atom. The summed E-state index contributed by atoms with van der Waals surface area (Å²) in [6.07, 6.45) is 0. The summed E-state index contributed by atoms with van der Waals surface area (Å²) >= 11 is 0. The normalized spacial score (nSPS) is 13.0. The molecule has 2 aromatic rings. The van der Waals surface area contributed by atoms with Crippen LogP contribution in [0.2, 0.25) is 0 Å². The third-order valence-corrected chi connectivity index (χ3v) is 3.80. The molecule has 0 aromatic heterocycles. The van der Waals surface area contributed by atoms with E-state index in [0.29, 0.717) is 17.2 Å². The van der Waals surface area contributed by atoms with Crippen LogP contribution < -0.4 is 24.8 Å². The number of hydrogen-bond donors (Lipinski definition) is 2. The zero-order valence-electron chi connectivity index (χ0n) is 13.9. The summed E-state index contributed by atoms with van der Waals surface area (Å²) in [4.78, 5) is 24.1. The lowest BCUT2D eigenvalue weighted by atomic mass is 10.1. The number of rotatable bonds is 4. The van der Waals surface area contributed by atoms with Crippen molar-refractivity contribution in [3.05, 3.63) is 48.0 Å². The van der Waals surface area contributed by atoms with Gasteiger partial charge in [-0.1, -0.05) is 12.1 Å². The lowest BCUT2D eigenvalue weighted by molar-refractivity contribution is -0.136. The molecule has 25 heavy (non-hydrogen) atoms. The summed E-state index contributed by atoms with van der Waals surface area (Å²) in [6.45, 7) is 1.94. The van der Waals surface area contributed by atoms with Crippen molar-refractivity contribution in [3.8, 4) is 17.2 Å². The second-order valence-electron chi connectivity index (χ2n) is 5.49. The summed E-state index contributed by atoms with van der Waals surface area (Å²) in [5.74, 6) is 0.392. The van der Waals surface area contributed by atoms with Crippen LogP contribution in [0, 0.1) is 0 Å². The number of fused-ring (bicyclic) bond motifs is 1. The Morgan fingerprint density at radius 3 is 2.48 bits per heavy atom. The minimum atomic E-state index is -0.751. The minimum Gasteiger partial charge on any atom is -0.497 e. The molecule has 0 bridgehead atoms. The molecule has 2 amide bonds. The Kier molecular flexibility index (Phi) is 4.74. The van der Waals surface area contributed by atoms with E-state index in [1.54, 1.807) is 44.4 Å². The Morgan fingerprint density at radius 1 is 1.04 bits per heavy atom. The van der Waals surface area contributed by atoms with Gasteiger partial charge in [-0.15, -0.1) is 0 Å². The highest BCUT2D eigenvalue weighted by atomic mass is 16.7. The first kappa shape index (κ1) is 16.6. The molecule has 1 atom stereocenters. The SMILES string of the molecule is COc1ccc(C(C)NC(=O)C(=O)Nc2ccc3c(c2)OCO3)cc1. The van der Waals surface area contributed by atoms with Crippen LogP contribution in [0.4, 0.5) is 5.69 Å². The Balaban J connectivity index is 1.59. The van der Waals surface area contributed by atoms with E-state index < -0.39 is 11.8 Å². The van der Waals surface area contributed by atoms with Gasteiger partial charge in [0.25, 0.3) is 0 Å². The first-order chi connectivity index (χ1) is 12.1. The maximum Gasteiger partial charge on any atom is 0.313 e. The largest absolute Gasteiger partial charge is 0.497 e. The average Bonchev–Trinajstić information content (AvgIpc) is 3.09. The number of carbonyl (C=O) groups excluding carboxylic acids is 2. The van der Waals surface area contributed by atoms with Gasteiger partial charge in [0.1, 0.15) is 5.75 Å². The first-order valence-corrected chi connectivity index (χ1v) is 7.72. The van der Waals surface area contributed by atoms with E-state index in [1.807, 2.05) is 12.1 Å². The lowest BCUT2D eigenvalue weighted by Gasteiger charge is -2.14. The molecule has 1 heterocycles. The average molecular weight is 342 g/mol. The van der Waals surface area contributed by atoms with E-state index in [4.69, 9.17) is 14.2 Å². The van der Waals surface area contributed by atoms with Gasteiger partial charge in [-0.3, -0.25) is 9.59 Å². The smallest absolute Gasteiger partial charge is 0.313 e. The molecule has 7 nitrogen and oxygen atoms in total. The van der Waals surface area contributed by atoms with Crippen LogP contribution in [0.25, 0.3) is 0 Å². The number of nitrogens with one attached hydrogen (secondary N) is 2. The number of benzene rings is 2. The lowest BCUT2D eigenvalue weighted by Crippen LogP contribution is -2.36. The third kappa shape index (κ3) is 3.82. The summed E-state index contributed by atoms with van der Waals surface area (Å²) in [7, 11) is 1.58. The fourth-order valence-corrected chi connectivity index (χ4v) is 2.40. The highest BCUT2D eigenvalue weighted by Gasteiger charge is 2.19. The number of hydrogen-bond acceptors (Lipinski definition) is 5. The van der Waals surface area contributed by atoms with Crippen molar-refractivity contribution in [1.82, 2.24) is 5.32 Å². The number of amides is 2. The van der Waals surface area contributed by atoms with Gasteiger partial charge in [-0.05, 0) is 36.8 Å². The first-order valence-electron chi connectivity index (χ1n) is 7.72. The molecule has 1 aliphatic rings. The van der Waals surface area contributed by atoms with Gasteiger partial charge in [-0.2, -0.15) is 0 Å². The van der Waals surface area contributed by atoms with Crippen LogP contribution in [0.15, 0.2) is 42.5 Å². The van der Waals surface area contributed by atoms with Gasteiger partial charge in [0, 0.05) is 11.8 Å². The molecule has 1 unspecified atom stereocenters. The molecule has 2 aromatic carbocycles. The highest BCUT2D eigenvalue weighted by Crippen LogP contribution is 2.34. The predicted molar refractivity (Wildman–Crippen MR) is 90.7 cm³/mol. The molecule has 0 saturated carbocycles. The van der Waals surface area contributed by atoms with Gasteiger partial charge < -0.3 is 24.8 Å². The van der Waals surface area contributed by atoms with Crippen molar-refractivity contribution in [1.29, 1.82) is 0 Å². The molecular formula is C18H18N2O5. The number of carbonyl (C=O) groups is 2. The van der Waals surface area contributed by atoms with Crippen LogP contribution in [-0.4, -0.2) is 25.7 Å². The molecule has 130 valence electrons. The number of ether oxygens (including phenoxy) is 3. The van der Waals surface area contributed by atoms with Crippen molar-refractivity contribution in [2.75, 3.05) is 19.2 Å². The van der Waals surface area contributed by atoms with E-state index in [2.05, 4.69) is 10.6 Å². The molecule has 1 aliphatic heterocycles. The quantitative estimate of drug-likeness (QED) is 0.832. The monoisotopic (exact) mass is 342 g/mol. The van der Waals surface area contributed by atoms with E-state index in [0.717, 1.165) is 11.3 Å². The predicted octanol–water partition coefficient (Wildman–Crippen LogP) is 2.24. The molecule has 7 heteroatoms. The minimum absolute atomic E-state index is 0.145. The Hall–Kier alpha value is -3.22. The molecule has 0 fully saturated rings. The summed E-state index contributed by atoms with van der Waals surface area (Å²) < 4.78 is 15.5. The van der Waals surface area contributed by atoms with Crippen LogP contribution in [0.1, 0.15) is 18.5 Å².